The molecule has 18 heavy (non-hydrogen) atoms. The maximum absolute atomic E-state index is 5.94. The summed E-state index contributed by atoms with van der Waals surface area (Å²) in [6.45, 7) is 10.8. The van der Waals surface area contributed by atoms with E-state index in [1.54, 1.807) is 0 Å². The zero-order chi connectivity index (χ0) is 13.4. The minimum Gasteiger partial charge on any atom is -0.378 e. The van der Waals surface area contributed by atoms with Crippen molar-refractivity contribution in [1.82, 2.24) is 0 Å². The number of hydrogen-bond donors (Lipinski definition) is 0. The highest BCUT2D eigenvalue weighted by Crippen LogP contribution is 2.36. The van der Waals surface area contributed by atoms with Gasteiger partial charge in [-0.3, -0.25) is 0 Å². The lowest BCUT2D eigenvalue weighted by molar-refractivity contribution is -0.150. The van der Waals surface area contributed by atoms with Crippen LogP contribution in [0.1, 0.15) is 59.8 Å². The Kier molecular flexibility index (Phi) is 7.20. The van der Waals surface area contributed by atoms with Crippen molar-refractivity contribution in [3.05, 3.63) is 0 Å². The molecular formula is C15H30O3. The average Bonchev–Trinajstić information content (AvgIpc) is 2.32. The van der Waals surface area contributed by atoms with Crippen LogP contribution in [0.3, 0.4) is 0 Å². The summed E-state index contributed by atoms with van der Waals surface area (Å²) >= 11 is 0. The lowest BCUT2D eigenvalue weighted by Gasteiger charge is -2.34. The van der Waals surface area contributed by atoms with Crippen LogP contribution in [0, 0.1) is 5.41 Å². The second-order valence-corrected chi connectivity index (χ2v) is 5.86. The van der Waals surface area contributed by atoms with Crippen LogP contribution < -0.4 is 0 Å². The first-order chi connectivity index (χ1) is 8.57. The van der Waals surface area contributed by atoms with E-state index in [2.05, 4.69) is 13.8 Å². The fourth-order valence-electron chi connectivity index (χ4n) is 2.46. The Morgan fingerprint density at radius 1 is 1.06 bits per heavy atom. The van der Waals surface area contributed by atoms with E-state index in [0.717, 1.165) is 13.0 Å². The summed E-state index contributed by atoms with van der Waals surface area (Å²) in [5.41, 5.74) is 0.513. The molecule has 0 aromatic heterocycles. The van der Waals surface area contributed by atoms with Gasteiger partial charge in [-0.25, -0.2) is 0 Å². The molecule has 0 spiro atoms. The maximum atomic E-state index is 5.94. The van der Waals surface area contributed by atoms with Gasteiger partial charge in [0.25, 0.3) is 0 Å². The second kappa shape index (κ2) is 8.13. The van der Waals surface area contributed by atoms with E-state index < -0.39 is 0 Å². The third-order valence-corrected chi connectivity index (χ3v) is 3.70. The molecule has 0 aliphatic heterocycles. The van der Waals surface area contributed by atoms with Crippen LogP contribution in [0.4, 0.5) is 0 Å². The molecule has 108 valence electrons. The van der Waals surface area contributed by atoms with Gasteiger partial charge >= 0.3 is 0 Å². The maximum Gasteiger partial charge on any atom is 0.159 e. The van der Waals surface area contributed by atoms with Gasteiger partial charge in [0.1, 0.15) is 0 Å². The van der Waals surface area contributed by atoms with Gasteiger partial charge in [-0.15, -0.1) is 0 Å². The molecule has 0 unspecified atom stereocenters. The number of rotatable bonds is 8. The Morgan fingerprint density at radius 2 is 1.61 bits per heavy atom. The van der Waals surface area contributed by atoms with Crippen molar-refractivity contribution in [2.24, 2.45) is 5.41 Å². The minimum absolute atomic E-state index is 0.0972. The Balaban J connectivity index is 2.13. The predicted molar refractivity (Wildman–Crippen MR) is 73.6 cm³/mol. The van der Waals surface area contributed by atoms with E-state index in [9.17, 15) is 0 Å². The van der Waals surface area contributed by atoms with Gasteiger partial charge in [0.05, 0.1) is 12.7 Å². The zero-order valence-electron chi connectivity index (χ0n) is 12.5. The highest BCUT2D eigenvalue weighted by molar-refractivity contribution is 4.78. The fraction of sp³-hybridized carbons (Fsp3) is 1.00. The summed E-state index contributed by atoms with van der Waals surface area (Å²) in [6.07, 6.45) is 6.13. The molecule has 0 heterocycles. The van der Waals surface area contributed by atoms with Crippen LogP contribution in [0.25, 0.3) is 0 Å². The summed E-state index contributed by atoms with van der Waals surface area (Å²) in [7, 11) is 0. The topological polar surface area (TPSA) is 27.7 Å². The molecule has 1 rings (SSSR count). The van der Waals surface area contributed by atoms with Gasteiger partial charge in [-0.1, -0.05) is 13.8 Å². The molecule has 1 fully saturated rings. The lowest BCUT2D eigenvalue weighted by Crippen LogP contribution is -2.28. The quantitative estimate of drug-likeness (QED) is 0.620. The largest absolute Gasteiger partial charge is 0.378 e. The van der Waals surface area contributed by atoms with Gasteiger partial charge in [0.15, 0.2) is 6.29 Å². The van der Waals surface area contributed by atoms with Gasteiger partial charge in [-0.2, -0.15) is 0 Å². The smallest absolute Gasteiger partial charge is 0.159 e. The van der Waals surface area contributed by atoms with Crippen molar-refractivity contribution < 1.29 is 14.2 Å². The SMILES string of the molecule is CCOC(CCOC1CCC(C)(C)CC1)OCC. The van der Waals surface area contributed by atoms with E-state index in [0.29, 0.717) is 24.7 Å². The Bertz CT molecular complexity index is 200. The van der Waals surface area contributed by atoms with E-state index >= 15 is 0 Å². The summed E-state index contributed by atoms with van der Waals surface area (Å²) < 4.78 is 16.9. The minimum atomic E-state index is -0.0972. The standard InChI is InChI=1S/C15H30O3/c1-5-16-14(17-6-2)9-12-18-13-7-10-15(3,4)11-8-13/h13-14H,5-12H2,1-4H3. The Morgan fingerprint density at radius 3 is 2.11 bits per heavy atom. The van der Waals surface area contributed by atoms with E-state index in [-0.39, 0.29) is 6.29 Å². The van der Waals surface area contributed by atoms with Crippen LogP contribution in [-0.2, 0) is 14.2 Å². The first kappa shape index (κ1) is 15.9. The molecule has 0 radical (unpaired) electrons. The Labute approximate surface area is 112 Å². The van der Waals surface area contributed by atoms with Gasteiger partial charge < -0.3 is 14.2 Å². The highest BCUT2D eigenvalue weighted by Gasteiger charge is 2.27. The molecule has 0 saturated heterocycles. The molecule has 0 amide bonds. The number of ether oxygens (including phenoxy) is 3. The molecule has 0 aromatic rings. The highest BCUT2D eigenvalue weighted by atomic mass is 16.7. The van der Waals surface area contributed by atoms with Gasteiger partial charge in [-0.05, 0) is 44.9 Å². The summed E-state index contributed by atoms with van der Waals surface area (Å²) in [5.74, 6) is 0. The molecule has 3 nitrogen and oxygen atoms in total. The first-order valence-corrected chi connectivity index (χ1v) is 7.42. The predicted octanol–water partition coefficient (Wildman–Crippen LogP) is 3.76. The molecule has 0 N–H and O–H groups in total. The van der Waals surface area contributed by atoms with E-state index in [1.807, 2.05) is 13.8 Å². The summed E-state index contributed by atoms with van der Waals surface area (Å²) in [5, 5.41) is 0. The van der Waals surface area contributed by atoms with Crippen molar-refractivity contribution in [2.45, 2.75) is 72.2 Å². The molecular weight excluding hydrogens is 228 g/mol. The van der Waals surface area contributed by atoms with Crippen molar-refractivity contribution >= 4 is 0 Å². The van der Waals surface area contributed by atoms with Crippen LogP contribution in [0.2, 0.25) is 0 Å². The molecule has 3 heteroatoms. The molecule has 1 aliphatic rings. The monoisotopic (exact) mass is 258 g/mol. The van der Waals surface area contributed by atoms with Crippen LogP contribution in [0.15, 0.2) is 0 Å². The van der Waals surface area contributed by atoms with E-state index in [4.69, 9.17) is 14.2 Å². The van der Waals surface area contributed by atoms with Crippen LogP contribution >= 0.6 is 0 Å². The third kappa shape index (κ3) is 6.17. The lowest BCUT2D eigenvalue weighted by atomic mass is 9.76. The second-order valence-electron chi connectivity index (χ2n) is 5.86. The fourth-order valence-corrected chi connectivity index (χ4v) is 2.46. The summed E-state index contributed by atoms with van der Waals surface area (Å²) in [6, 6.07) is 0. The molecule has 0 atom stereocenters. The van der Waals surface area contributed by atoms with Crippen molar-refractivity contribution in [3.63, 3.8) is 0 Å². The molecule has 0 bridgehead atoms. The third-order valence-electron chi connectivity index (χ3n) is 3.70. The zero-order valence-corrected chi connectivity index (χ0v) is 12.5. The van der Waals surface area contributed by atoms with Gasteiger partial charge in [0.2, 0.25) is 0 Å². The molecule has 1 aliphatic carbocycles. The number of hydrogen-bond acceptors (Lipinski definition) is 3. The van der Waals surface area contributed by atoms with Crippen LogP contribution in [0.5, 0.6) is 0 Å². The van der Waals surface area contributed by atoms with Crippen molar-refractivity contribution in [2.75, 3.05) is 19.8 Å². The summed E-state index contributed by atoms with van der Waals surface area (Å²) in [4.78, 5) is 0. The molecule has 0 aromatic carbocycles. The average molecular weight is 258 g/mol. The van der Waals surface area contributed by atoms with E-state index in [1.165, 1.54) is 25.7 Å². The Hall–Kier alpha value is -0.120. The molecule has 1 saturated carbocycles. The van der Waals surface area contributed by atoms with Crippen molar-refractivity contribution in [1.29, 1.82) is 0 Å². The first-order valence-electron chi connectivity index (χ1n) is 7.42. The normalized spacial score (nSPS) is 20.5. The van der Waals surface area contributed by atoms with Gasteiger partial charge in [0, 0.05) is 19.6 Å². The van der Waals surface area contributed by atoms with Crippen LogP contribution in [-0.4, -0.2) is 32.2 Å². The van der Waals surface area contributed by atoms with Crippen molar-refractivity contribution in [3.8, 4) is 0 Å².